The molecule has 0 radical (unpaired) electrons. The molecule has 1 aliphatic rings. The Balaban J connectivity index is 1.36. The van der Waals surface area contributed by atoms with Crippen molar-refractivity contribution in [1.82, 2.24) is 24.8 Å². The zero-order valence-corrected chi connectivity index (χ0v) is 19.9. The van der Waals surface area contributed by atoms with Crippen LogP contribution in [0.15, 0.2) is 54.9 Å². The van der Waals surface area contributed by atoms with Crippen LogP contribution in [0.2, 0.25) is 0 Å². The van der Waals surface area contributed by atoms with Crippen molar-refractivity contribution in [3.63, 3.8) is 0 Å². The first-order chi connectivity index (χ1) is 16.8. The first kappa shape index (κ1) is 24.1. The Bertz CT molecular complexity index is 1370. The fourth-order valence-corrected chi connectivity index (χ4v) is 4.07. The summed E-state index contributed by atoms with van der Waals surface area (Å²) in [6.07, 6.45) is 3.89. The number of anilines is 1. The monoisotopic (exact) mass is 492 g/mol. The van der Waals surface area contributed by atoms with Gasteiger partial charge in [0.2, 0.25) is 10.0 Å². The fourth-order valence-electron chi connectivity index (χ4n) is 3.63. The van der Waals surface area contributed by atoms with E-state index in [1.54, 1.807) is 18.3 Å². The van der Waals surface area contributed by atoms with Crippen LogP contribution in [0, 0.1) is 11.8 Å². The lowest BCUT2D eigenvalue weighted by atomic mass is 10.1. The van der Waals surface area contributed by atoms with Crippen molar-refractivity contribution in [1.29, 1.82) is 0 Å². The van der Waals surface area contributed by atoms with Crippen LogP contribution >= 0.6 is 0 Å². The third-order valence-corrected chi connectivity index (χ3v) is 5.89. The highest BCUT2D eigenvalue weighted by Crippen LogP contribution is 2.17. The SMILES string of the molecule is CS(=O)(=O)NC(=O)c1ccc(N2CCN(Cc3ccccc3C#Cc3cncc(O)c3)CC2)nn1. The van der Waals surface area contributed by atoms with E-state index in [4.69, 9.17) is 0 Å². The maximum atomic E-state index is 11.9. The zero-order valence-electron chi connectivity index (χ0n) is 19.0. The second-order valence-electron chi connectivity index (χ2n) is 8.08. The van der Waals surface area contributed by atoms with Crippen molar-refractivity contribution < 1.29 is 18.3 Å². The molecule has 2 aromatic heterocycles. The van der Waals surface area contributed by atoms with E-state index >= 15 is 0 Å². The van der Waals surface area contributed by atoms with E-state index in [0.29, 0.717) is 11.4 Å². The summed E-state index contributed by atoms with van der Waals surface area (Å²) in [5.74, 6) is 6.15. The largest absolute Gasteiger partial charge is 0.506 e. The number of aromatic hydroxyl groups is 1. The predicted molar refractivity (Wildman–Crippen MR) is 130 cm³/mol. The highest BCUT2D eigenvalue weighted by Gasteiger charge is 2.20. The molecule has 0 spiro atoms. The number of sulfonamides is 1. The number of nitrogens with zero attached hydrogens (tertiary/aromatic N) is 5. The number of hydrogen-bond acceptors (Lipinski definition) is 9. The molecule has 11 heteroatoms. The molecule has 3 aromatic rings. The Labute approximate surface area is 203 Å². The molecule has 1 aromatic carbocycles. The molecule has 0 atom stereocenters. The lowest BCUT2D eigenvalue weighted by Gasteiger charge is -2.35. The van der Waals surface area contributed by atoms with Crippen LogP contribution in [0.1, 0.15) is 27.2 Å². The van der Waals surface area contributed by atoms with E-state index < -0.39 is 15.9 Å². The van der Waals surface area contributed by atoms with Crippen molar-refractivity contribution >= 4 is 21.7 Å². The summed E-state index contributed by atoms with van der Waals surface area (Å²) in [5.41, 5.74) is 2.63. The van der Waals surface area contributed by atoms with Crippen LogP contribution < -0.4 is 9.62 Å². The third kappa shape index (κ3) is 6.75. The molecule has 0 unspecified atom stereocenters. The van der Waals surface area contributed by atoms with Gasteiger partial charge in [0.1, 0.15) is 5.75 Å². The van der Waals surface area contributed by atoms with Gasteiger partial charge in [-0.2, -0.15) is 0 Å². The number of benzene rings is 1. The van der Waals surface area contributed by atoms with Crippen molar-refractivity contribution in [3.05, 3.63) is 77.2 Å². The van der Waals surface area contributed by atoms with Crippen LogP contribution in [0.25, 0.3) is 0 Å². The van der Waals surface area contributed by atoms with Gasteiger partial charge in [-0.05, 0) is 29.8 Å². The van der Waals surface area contributed by atoms with Gasteiger partial charge in [-0.15, -0.1) is 10.2 Å². The van der Waals surface area contributed by atoms with Gasteiger partial charge in [0.25, 0.3) is 5.91 Å². The Morgan fingerprint density at radius 3 is 2.51 bits per heavy atom. The smallest absolute Gasteiger partial charge is 0.285 e. The number of pyridine rings is 1. The molecule has 1 aliphatic heterocycles. The van der Waals surface area contributed by atoms with Crippen LogP contribution in [0.5, 0.6) is 5.75 Å². The minimum Gasteiger partial charge on any atom is -0.506 e. The van der Waals surface area contributed by atoms with Gasteiger partial charge in [0.15, 0.2) is 11.5 Å². The second-order valence-corrected chi connectivity index (χ2v) is 9.83. The lowest BCUT2D eigenvalue weighted by molar-refractivity contribution is 0.0976. The van der Waals surface area contributed by atoms with Gasteiger partial charge < -0.3 is 10.0 Å². The molecule has 10 nitrogen and oxygen atoms in total. The summed E-state index contributed by atoms with van der Waals surface area (Å²) in [6, 6.07) is 12.7. The minimum absolute atomic E-state index is 0.0583. The summed E-state index contributed by atoms with van der Waals surface area (Å²) >= 11 is 0. The quantitative estimate of drug-likeness (QED) is 0.501. The summed E-state index contributed by atoms with van der Waals surface area (Å²) in [4.78, 5) is 20.2. The molecule has 2 N–H and O–H groups in total. The maximum absolute atomic E-state index is 11.9. The molecule has 1 saturated heterocycles. The molecule has 0 aliphatic carbocycles. The molecule has 35 heavy (non-hydrogen) atoms. The van der Waals surface area contributed by atoms with Gasteiger partial charge in [0, 0.05) is 50.0 Å². The molecular formula is C24H24N6O4S. The summed E-state index contributed by atoms with van der Waals surface area (Å²) in [7, 11) is -3.66. The normalized spacial score (nSPS) is 14.1. The van der Waals surface area contributed by atoms with Gasteiger partial charge in [-0.25, -0.2) is 13.1 Å². The number of piperazine rings is 1. The number of hydrogen-bond donors (Lipinski definition) is 2. The Morgan fingerprint density at radius 2 is 1.83 bits per heavy atom. The predicted octanol–water partition coefficient (Wildman–Crippen LogP) is 0.989. The molecule has 4 rings (SSSR count). The van der Waals surface area contributed by atoms with Crippen LogP contribution in [-0.4, -0.2) is 71.9 Å². The molecule has 3 heterocycles. The van der Waals surface area contributed by atoms with Crippen molar-refractivity contribution in [2.75, 3.05) is 37.3 Å². The molecule has 180 valence electrons. The second kappa shape index (κ2) is 10.5. The van der Waals surface area contributed by atoms with Gasteiger partial charge in [-0.1, -0.05) is 30.0 Å². The summed E-state index contributed by atoms with van der Waals surface area (Å²) in [6.45, 7) is 3.80. The van der Waals surface area contributed by atoms with Crippen molar-refractivity contribution in [3.8, 4) is 17.6 Å². The summed E-state index contributed by atoms with van der Waals surface area (Å²) in [5, 5.41) is 17.5. The number of carbonyl (C=O) groups excluding carboxylic acids is 1. The zero-order chi connectivity index (χ0) is 24.8. The highest BCUT2D eigenvalue weighted by molar-refractivity contribution is 7.89. The average molecular weight is 493 g/mol. The van der Waals surface area contributed by atoms with Crippen molar-refractivity contribution in [2.24, 2.45) is 0 Å². The van der Waals surface area contributed by atoms with E-state index in [1.165, 1.54) is 12.3 Å². The highest BCUT2D eigenvalue weighted by atomic mass is 32.2. The Hall–Kier alpha value is -4.01. The lowest BCUT2D eigenvalue weighted by Crippen LogP contribution is -2.46. The van der Waals surface area contributed by atoms with Crippen LogP contribution in [0.4, 0.5) is 5.82 Å². The first-order valence-electron chi connectivity index (χ1n) is 10.8. The number of amides is 1. The fraction of sp³-hybridized carbons (Fsp3) is 0.250. The van der Waals surface area contributed by atoms with E-state index in [2.05, 4.69) is 42.9 Å². The van der Waals surface area contributed by atoms with Gasteiger partial charge >= 0.3 is 0 Å². The molecule has 0 saturated carbocycles. The van der Waals surface area contributed by atoms with Gasteiger partial charge in [0.05, 0.1) is 12.5 Å². The van der Waals surface area contributed by atoms with E-state index in [0.717, 1.165) is 50.1 Å². The first-order valence-corrected chi connectivity index (χ1v) is 12.7. The third-order valence-electron chi connectivity index (χ3n) is 5.33. The number of nitrogens with one attached hydrogen (secondary N) is 1. The number of rotatable bonds is 5. The number of carbonyl (C=O) groups is 1. The molecule has 0 bridgehead atoms. The average Bonchev–Trinajstić information content (AvgIpc) is 2.83. The van der Waals surface area contributed by atoms with Gasteiger partial charge in [-0.3, -0.25) is 14.7 Å². The van der Waals surface area contributed by atoms with E-state index in [9.17, 15) is 18.3 Å². The Kier molecular flexibility index (Phi) is 7.24. The van der Waals surface area contributed by atoms with E-state index in [-0.39, 0.29) is 11.4 Å². The van der Waals surface area contributed by atoms with Crippen molar-refractivity contribution in [2.45, 2.75) is 6.54 Å². The molecular weight excluding hydrogens is 468 g/mol. The van der Waals surface area contributed by atoms with Crippen LogP contribution in [0.3, 0.4) is 0 Å². The summed E-state index contributed by atoms with van der Waals surface area (Å²) < 4.78 is 24.3. The molecule has 1 fully saturated rings. The van der Waals surface area contributed by atoms with Crippen LogP contribution in [-0.2, 0) is 16.6 Å². The van der Waals surface area contributed by atoms with E-state index in [1.807, 2.05) is 22.9 Å². The minimum atomic E-state index is -3.66. The molecule has 1 amide bonds. The Morgan fingerprint density at radius 1 is 1.06 bits per heavy atom. The number of aromatic nitrogens is 3. The maximum Gasteiger partial charge on any atom is 0.285 e. The standard InChI is InChI=1S/C24H24N6O4S/c1-35(33,34)28-24(32)22-8-9-23(27-26-22)30-12-10-29(11-13-30)17-20-5-3-2-4-19(20)7-6-18-14-21(31)16-25-15-18/h2-5,8-9,14-16,31H,10-13,17H2,1H3,(H,28,32). The topological polar surface area (TPSA) is 129 Å².